The van der Waals surface area contributed by atoms with Gasteiger partial charge in [-0.2, -0.15) is 0 Å². The van der Waals surface area contributed by atoms with E-state index < -0.39 is 11.7 Å². The average molecular weight is 270 g/mol. The van der Waals surface area contributed by atoms with Gasteiger partial charge in [-0.1, -0.05) is 5.11 Å². The number of aliphatic hydroxyl groups excluding tert-OH is 1. The van der Waals surface area contributed by atoms with Gasteiger partial charge in [0.1, 0.15) is 5.60 Å². The van der Waals surface area contributed by atoms with Crippen molar-refractivity contribution >= 4 is 6.09 Å². The molecule has 1 unspecified atom stereocenters. The van der Waals surface area contributed by atoms with Gasteiger partial charge in [-0.3, -0.25) is 0 Å². The van der Waals surface area contributed by atoms with Crippen LogP contribution in [-0.4, -0.2) is 47.4 Å². The quantitative estimate of drug-likeness (QED) is 0.484. The molecule has 7 heteroatoms. The predicted octanol–water partition coefficient (Wildman–Crippen LogP) is 2.30. The van der Waals surface area contributed by atoms with E-state index in [0.717, 1.165) is 0 Å². The minimum absolute atomic E-state index is 0.0733. The van der Waals surface area contributed by atoms with Crippen molar-refractivity contribution in [2.75, 3.05) is 19.6 Å². The Hall–Kier alpha value is -1.46. The molecule has 1 N–H and O–H groups in total. The number of azide groups is 1. The van der Waals surface area contributed by atoms with Gasteiger partial charge in [0, 0.05) is 18.0 Å². The lowest BCUT2D eigenvalue weighted by atomic mass is 9.91. The maximum absolute atomic E-state index is 11.8. The molecule has 1 amide bonds. The largest absolute Gasteiger partial charge is 0.444 e. The number of ether oxygens (including phenoxy) is 1. The van der Waals surface area contributed by atoms with Crippen LogP contribution in [0.1, 0.15) is 33.6 Å². The zero-order chi connectivity index (χ0) is 14.5. The summed E-state index contributed by atoms with van der Waals surface area (Å²) in [7, 11) is 0. The van der Waals surface area contributed by atoms with E-state index in [1.165, 1.54) is 0 Å². The molecule has 1 rings (SSSR count). The molecular weight excluding hydrogens is 248 g/mol. The van der Waals surface area contributed by atoms with Crippen LogP contribution in [0.25, 0.3) is 10.4 Å². The van der Waals surface area contributed by atoms with Crippen LogP contribution in [0.4, 0.5) is 4.79 Å². The van der Waals surface area contributed by atoms with Crippen molar-refractivity contribution in [1.82, 2.24) is 4.90 Å². The van der Waals surface area contributed by atoms with E-state index in [1.54, 1.807) is 4.90 Å². The van der Waals surface area contributed by atoms with Gasteiger partial charge in [-0.05, 0) is 45.1 Å². The van der Waals surface area contributed by atoms with E-state index in [0.29, 0.717) is 25.9 Å². The van der Waals surface area contributed by atoms with Gasteiger partial charge in [0.2, 0.25) is 0 Å². The molecule has 108 valence electrons. The minimum atomic E-state index is -0.628. The number of nitrogens with zero attached hydrogens (tertiary/aromatic N) is 4. The number of rotatable bonds is 3. The van der Waals surface area contributed by atoms with Crippen LogP contribution in [0.5, 0.6) is 0 Å². The van der Waals surface area contributed by atoms with E-state index in [-0.39, 0.29) is 18.6 Å². The number of piperidine rings is 1. The SMILES string of the molecule is CC(C)(C)OC(=O)N1CCC(C(O)CN=[N+]=[N-])CC1. The average Bonchev–Trinajstić information content (AvgIpc) is 2.34. The van der Waals surface area contributed by atoms with Gasteiger partial charge >= 0.3 is 6.09 Å². The summed E-state index contributed by atoms with van der Waals surface area (Å²) in [5.41, 5.74) is 7.72. The van der Waals surface area contributed by atoms with Crippen LogP contribution >= 0.6 is 0 Å². The van der Waals surface area contributed by atoms with E-state index >= 15 is 0 Å². The van der Waals surface area contributed by atoms with Crippen LogP contribution in [0.2, 0.25) is 0 Å². The molecule has 0 bridgehead atoms. The Morgan fingerprint density at radius 1 is 1.53 bits per heavy atom. The summed E-state index contributed by atoms with van der Waals surface area (Å²) < 4.78 is 5.30. The number of carbonyl (C=O) groups excluding carboxylic acids is 1. The Balaban J connectivity index is 2.40. The molecule has 1 atom stereocenters. The molecule has 1 saturated heterocycles. The maximum atomic E-state index is 11.8. The molecule has 19 heavy (non-hydrogen) atoms. The lowest BCUT2D eigenvalue weighted by molar-refractivity contribution is 0.00903. The van der Waals surface area contributed by atoms with Crippen molar-refractivity contribution in [3.05, 3.63) is 10.4 Å². The van der Waals surface area contributed by atoms with Crippen molar-refractivity contribution in [2.45, 2.75) is 45.3 Å². The molecule has 0 saturated carbocycles. The topological polar surface area (TPSA) is 98.5 Å². The van der Waals surface area contributed by atoms with Crippen LogP contribution < -0.4 is 0 Å². The maximum Gasteiger partial charge on any atom is 0.410 e. The van der Waals surface area contributed by atoms with Crippen LogP contribution in [0.3, 0.4) is 0 Å². The molecule has 1 fully saturated rings. The molecule has 0 aromatic rings. The summed E-state index contributed by atoms with van der Waals surface area (Å²) in [6.45, 7) is 6.72. The molecule has 1 aliphatic rings. The highest BCUT2D eigenvalue weighted by Gasteiger charge is 2.29. The van der Waals surface area contributed by atoms with Gasteiger partial charge in [-0.15, -0.1) is 0 Å². The zero-order valence-electron chi connectivity index (χ0n) is 11.7. The number of carbonyl (C=O) groups is 1. The zero-order valence-corrected chi connectivity index (χ0v) is 11.7. The highest BCUT2D eigenvalue weighted by atomic mass is 16.6. The summed E-state index contributed by atoms with van der Waals surface area (Å²) in [5, 5.41) is 13.2. The molecular formula is C12H22N4O3. The molecule has 0 spiro atoms. The summed E-state index contributed by atoms with van der Waals surface area (Å²) >= 11 is 0. The highest BCUT2D eigenvalue weighted by molar-refractivity contribution is 5.68. The third-order valence-corrected chi connectivity index (χ3v) is 3.07. The third-order valence-electron chi connectivity index (χ3n) is 3.07. The molecule has 0 aliphatic carbocycles. The fourth-order valence-corrected chi connectivity index (χ4v) is 2.06. The van der Waals surface area contributed by atoms with Crippen molar-refractivity contribution < 1.29 is 14.6 Å². The summed E-state index contributed by atoms with van der Waals surface area (Å²) in [5.74, 6) is 0.0733. The summed E-state index contributed by atoms with van der Waals surface area (Å²) in [4.78, 5) is 16.1. The third kappa shape index (κ3) is 5.36. The second-order valence-corrected chi connectivity index (χ2v) is 5.79. The van der Waals surface area contributed by atoms with Crippen molar-refractivity contribution in [3.63, 3.8) is 0 Å². The number of hydrogen-bond acceptors (Lipinski definition) is 4. The van der Waals surface area contributed by atoms with Crippen LogP contribution in [0, 0.1) is 5.92 Å². The van der Waals surface area contributed by atoms with E-state index in [4.69, 9.17) is 10.3 Å². The number of likely N-dealkylation sites (tertiary alicyclic amines) is 1. The number of hydrogen-bond donors (Lipinski definition) is 1. The van der Waals surface area contributed by atoms with Gasteiger partial charge in [0.25, 0.3) is 0 Å². The lowest BCUT2D eigenvalue weighted by Gasteiger charge is -2.34. The van der Waals surface area contributed by atoms with Crippen molar-refractivity contribution in [1.29, 1.82) is 0 Å². The second kappa shape index (κ2) is 6.63. The molecule has 0 radical (unpaired) electrons. The van der Waals surface area contributed by atoms with Gasteiger partial charge in [-0.25, -0.2) is 4.79 Å². The first-order valence-electron chi connectivity index (χ1n) is 6.50. The lowest BCUT2D eigenvalue weighted by Crippen LogP contribution is -2.44. The van der Waals surface area contributed by atoms with Crippen LogP contribution in [-0.2, 0) is 4.74 Å². The minimum Gasteiger partial charge on any atom is -0.444 e. The Morgan fingerprint density at radius 2 is 2.11 bits per heavy atom. The first-order valence-corrected chi connectivity index (χ1v) is 6.50. The van der Waals surface area contributed by atoms with Crippen molar-refractivity contribution in [2.24, 2.45) is 11.0 Å². The normalized spacial score (nSPS) is 18.6. The Labute approximate surface area is 113 Å². The van der Waals surface area contributed by atoms with Gasteiger partial charge in [0.15, 0.2) is 0 Å². The molecule has 0 aromatic carbocycles. The van der Waals surface area contributed by atoms with Crippen molar-refractivity contribution in [3.8, 4) is 0 Å². The predicted molar refractivity (Wildman–Crippen MR) is 70.6 cm³/mol. The van der Waals surface area contributed by atoms with E-state index in [2.05, 4.69) is 10.0 Å². The monoisotopic (exact) mass is 270 g/mol. The first kappa shape index (κ1) is 15.6. The fraction of sp³-hybridized carbons (Fsp3) is 0.917. The number of aliphatic hydroxyl groups is 1. The first-order chi connectivity index (χ1) is 8.83. The van der Waals surface area contributed by atoms with Crippen LogP contribution in [0.15, 0.2) is 5.11 Å². The second-order valence-electron chi connectivity index (χ2n) is 5.79. The molecule has 0 aromatic heterocycles. The summed E-state index contributed by atoms with van der Waals surface area (Å²) in [6, 6.07) is 0. The Kier molecular flexibility index (Phi) is 5.44. The standard InChI is InChI=1S/C12H22N4O3/c1-12(2,3)19-11(18)16-6-4-9(5-7-16)10(17)8-14-15-13/h9-10,17H,4-8H2,1-3H3. The number of amides is 1. The molecule has 7 nitrogen and oxygen atoms in total. The summed E-state index contributed by atoms with van der Waals surface area (Å²) in [6.07, 6.45) is 0.454. The van der Waals surface area contributed by atoms with E-state index in [1.807, 2.05) is 20.8 Å². The fourth-order valence-electron chi connectivity index (χ4n) is 2.06. The van der Waals surface area contributed by atoms with E-state index in [9.17, 15) is 9.90 Å². The highest BCUT2D eigenvalue weighted by Crippen LogP contribution is 2.22. The Bertz CT molecular complexity index is 352. The molecule has 1 heterocycles. The van der Waals surface area contributed by atoms with Gasteiger partial charge < -0.3 is 14.7 Å². The smallest absolute Gasteiger partial charge is 0.410 e. The Morgan fingerprint density at radius 3 is 2.58 bits per heavy atom. The molecule has 1 aliphatic heterocycles. The van der Waals surface area contributed by atoms with Gasteiger partial charge in [0.05, 0.1) is 12.6 Å².